The molecule has 0 aromatic heterocycles. The van der Waals surface area contributed by atoms with E-state index in [4.69, 9.17) is 23.2 Å². The molecule has 0 amide bonds. The van der Waals surface area contributed by atoms with Crippen LogP contribution in [-0.2, 0) is 0 Å². The monoisotopic (exact) mass is 148 g/mol. The van der Waals surface area contributed by atoms with Crippen molar-refractivity contribution in [1.29, 1.82) is 0 Å². The molecule has 0 radical (unpaired) electrons. The van der Waals surface area contributed by atoms with E-state index in [1.807, 2.05) is 0 Å². The van der Waals surface area contributed by atoms with Gasteiger partial charge in [0.05, 0.1) is 0 Å². The van der Waals surface area contributed by atoms with Crippen LogP contribution in [0.5, 0.6) is 0 Å². The second-order valence-corrected chi connectivity index (χ2v) is 2.07. The van der Waals surface area contributed by atoms with Gasteiger partial charge in [0.15, 0.2) is 0 Å². The maximum Gasteiger partial charge on any atom is 0.114 e. The van der Waals surface area contributed by atoms with Crippen LogP contribution in [-0.4, -0.2) is 0 Å². The van der Waals surface area contributed by atoms with Crippen LogP contribution in [0.3, 0.4) is 0 Å². The van der Waals surface area contributed by atoms with Crippen molar-refractivity contribution in [2.45, 2.75) is 0 Å². The molecule has 0 aliphatic carbocycles. The van der Waals surface area contributed by atoms with E-state index >= 15 is 0 Å². The van der Waals surface area contributed by atoms with Crippen molar-refractivity contribution >= 4 is 23.2 Å². The SMILES string of the molecule is C=CC(C=C)=C(Cl)Cl. The number of hydrogen-bond acceptors (Lipinski definition) is 0. The quantitative estimate of drug-likeness (QED) is 0.529. The van der Waals surface area contributed by atoms with Crippen LogP contribution >= 0.6 is 23.2 Å². The number of hydrogen-bond donors (Lipinski definition) is 0. The molecule has 0 saturated heterocycles. The molecule has 44 valence electrons. The van der Waals surface area contributed by atoms with Crippen molar-refractivity contribution in [3.63, 3.8) is 0 Å². The van der Waals surface area contributed by atoms with Gasteiger partial charge in [-0.15, -0.1) is 0 Å². The molecule has 0 unspecified atom stereocenters. The van der Waals surface area contributed by atoms with E-state index in [1.165, 1.54) is 0 Å². The first-order valence-corrected chi connectivity index (χ1v) is 2.78. The molecule has 0 rings (SSSR count). The molecule has 0 aliphatic rings. The van der Waals surface area contributed by atoms with E-state index < -0.39 is 0 Å². The van der Waals surface area contributed by atoms with Gasteiger partial charge in [0.1, 0.15) is 4.49 Å². The van der Waals surface area contributed by atoms with Crippen LogP contribution in [0.25, 0.3) is 0 Å². The lowest BCUT2D eigenvalue weighted by atomic mass is 10.3. The average Bonchev–Trinajstić information content (AvgIpc) is 1.69. The minimum Gasteiger partial charge on any atom is -0.0984 e. The first-order valence-electron chi connectivity index (χ1n) is 2.02. The Labute approximate surface area is 59.1 Å². The summed E-state index contributed by atoms with van der Waals surface area (Å²) in [5, 5.41) is 0. The maximum absolute atomic E-state index is 5.35. The molecule has 0 saturated carbocycles. The molecule has 0 atom stereocenters. The van der Waals surface area contributed by atoms with Gasteiger partial charge in [0.2, 0.25) is 0 Å². The summed E-state index contributed by atoms with van der Waals surface area (Å²) in [6.45, 7) is 6.91. The van der Waals surface area contributed by atoms with Gasteiger partial charge in [-0.25, -0.2) is 0 Å². The molecule has 0 heterocycles. The van der Waals surface area contributed by atoms with Gasteiger partial charge >= 0.3 is 0 Å². The van der Waals surface area contributed by atoms with Crippen LogP contribution in [0.15, 0.2) is 35.4 Å². The van der Waals surface area contributed by atoms with E-state index in [0.29, 0.717) is 5.57 Å². The van der Waals surface area contributed by atoms with Gasteiger partial charge < -0.3 is 0 Å². The van der Waals surface area contributed by atoms with Crippen molar-refractivity contribution in [3.8, 4) is 0 Å². The first-order chi connectivity index (χ1) is 3.72. The molecular formula is C6H6Cl2. The fourth-order valence-electron chi connectivity index (χ4n) is 0.238. The molecule has 2 heteroatoms. The molecule has 0 aliphatic heterocycles. The molecule has 0 fully saturated rings. The summed E-state index contributed by atoms with van der Waals surface area (Å²) < 4.78 is 0.204. The molecule has 0 bridgehead atoms. The van der Waals surface area contributed by atoms with Crippen molar-refractivity contribution in [2.24, 2.45) is 0 Å². The summed E-state index contributed by atoms with van der Waals surface area (Å²) >= 11 is 10.7. The highest BCUT2D eigenvalue weighted by Gasteiger charge is 1.88. The van der Waals surface area contributed by atoms with E-state index in [2.05, 4.69) is 13.2 Å². The normalized spacial score (nSPS) is 7.75. The molecule has 0 aromatic carbocycles. The number of allylic oxidation sites excluding steroid dienone is 3. The van der Waals surface area contributed by atoms with Gasteiger partial charge in [0, 0.05) is 5.57 Å². The molecular weight excluding hydrogens is 143 g/mol. The first kappa shape index (κ1) is 7.80. The zero-order valence-corrected chi connectivity index (χ0v) is 5.84. The lowest BCUT2D eigenvalue weighted by Crippen LogP contribution is -1.66. The Balaban J connectivity index is 4.30. The van der Waals surface area contributed by atoms with Crippen LogP contribution in [0.2, 0.25) is 0 Å². The molecule has 0 nitrogen and oxygen atoms in total. The van der Waals surface area contributed by atoms with Crippen LogP contribution in [0.1, 0.15) is 0 Å². The van der Waals surface area contributed by atoms with Crippen molar-refractivity contribution in [3.05, 3.63) is 35.4 Å². The summed E-state index contributed by atoms with van der Waals surface area (Å²) in [4.78, 5) is 0. The van der Waals surface area contributed by atoms with E-state index in [9.17, 15) is 0 Å². The standard InChI is InChI=1S/C6H6Cl2/c1-3-5(4-2)6(7)8/h3-4H,1-2H2. The van der Waals surface area contributed by atoms with Crippen molar-refractivity contribution in [2.75, 3.05) is 0 Å². The highest BCUT2D eigenvalue weighted by atomic mass is 35.5. The fraction of sp³-hybridized carbons (Fsp3) is 0. The van der Waals surface area contributed by atoms with Gasteiger partial charge in [-0.2, -0.15) is 0 Å². The zero-order chi connectivity index (χ0) is 6.57. The third-order valence-corrected chi connectivity index (χ3v) is 1.09. The second kappa shape index (κ2) is 3.76. The van der Waals surface area contributed by atoms with Gasteiger partial charge in [-0.3, -0.25) is 0 Å². The minimum absolute atomic E-state index is 0.204. The number of halogens is 2. The van der Waals surface area contributed by atoms with Crippen molar-refractivity contribution < 1.29 is 0 Å². The lowest BCUT2D eigenvalue weighted by molar-refractivity contribution is 1.76. The Morgan fingerprint density at radius 2 is 1.50 bits per heavy atom. The summed E-state index contributed by atoms with van der Waals surface area (Å²) in [5.74, 6) is 0. The van der Waals surface area contributed by atoms with Crippen LogP contribution in [0.4, 0.5) is 0 Å². The van der Waals surface area contributed by atoms with Crippen molar-refractivity contribution in [1.82, 2.24) is 0 Å². The van der Waals surface area contributed by atoms with Gasteiger partial charge in [-0.1, -0.05) is 48.5 Å². The van der Waals surface area contributed by atoms with E-state index in [1.54, 1.807) is 12.2 Å². The number of rotatable bonds is 2. The van der Waals surface area contributed by atoms with Crippen LogP contribution < -0.4 is 0 Å². The van der Waals surface area contributed by atoms with Crippen LogP contribution in [0, 0.1) is 0 Å². The third kappa shape index (κ3) is 2.20. The third-order valence-electron chi connectivity index (χ3n) is 0.658. The summed E-state index contributed by atoms with van der Waals surface area (Å²) in [5.41, 5.74) is 0.660. The maximum atomic E-state index is 5.35. The Bertz CT molecular complexity index is 119. The zero-order valence-electron chi connectivity index (χ0n) is 4.32. The fourth-order valence-corrected chi connectivity index (χ4v) is 0.546. The topological polar surface area (TPSA) is 0 Å². The Morgan fingerprint density at radius 1 is 1.12 bits per heavy atom. The predicted octanol–water partition coefficient (Wildman–Crippen LogP) is 3.05. The summed E-state index contributed by atoms with van der Waals surface area (Å²) in [6.07, 6.45) is 3.09. The highest BCUT2D eigenvalue weighted by Crippen LogP contribution is 2.14. The largest absolute Gasteiger partial charge is 0.114 e. The average molecular weight is 149 g/mol. The predicted molar refractivity (Wildman–Crippen MR) is 39.1 cm³/mol. The molecule has 0 N–H and O–H groups in total. The summed E-state index contributed by atoms with van der Waals surface area (Å²) in [7, 11) is 0. The van der Waals surface area contributed by atoms with E-state index in [0.717, 1.165) is 0 Å². The Morgan fingerprint density at radius 3 is 1.50 bits per heavy atom. The Kier molecular flexibility index (Phi) is 3.67. The smallest absolute Gasteiger partial charge is 0.0984 e. The van der Waals surface area contributed by atoms with E-state index in [-0.39, 0.29) is 4.49 Å². The Hall–Kier alpha value is -0.200. The molecule has 0 spiro atoms. The second-order valence-electron chi connectivity index (χ2n) is 1.12. The minimum atomic E-state index is 0.204. The lowest BCUT2D eigenvalue weighted by Gasteiger charge is -1.87. The van der Waals surface area contributed by atoms with Gasteiger partial charge in [0.25, 0.3) is 0 Å². The highest BCUT2D eigenvalue weighted by molar-refractivity contribution is 6.56. The molecule has 0 aromatic rings. The molecule has 8 heavy (non-hydrogen) atoms. The van der Waals surface area contributed by atoms with Gasteiger partial charge in [-0.05, 0) is 0 Å². The summed E-state index contributed by atoms with van der Waals surface area (Å²) in [6, 6.07) is 0.